The van der Waals surface area contributed by atoms with Gasteiger partial charge in [-0.3, -0.25) is 0 Å². The lowest BCUT2D eigenvalue weighted by molar-refractivity contribution is 0.202. The highest BCUT2D eigenvalue weighted by atomic mass is 79.9. The maximum Gasteiger partial charge on any atom is 0.123 e. The van der Waals surface area contributed by atoms with Crippen molar-refractivity contribution in [2.24, 2.45) is 0 Å². The second-order valence-corrected chi connectivity index (χ2v) is 5.71. The minimum atomic E-state index is -0.0620. The van der Waals surface area contributed by atoms with Crippen LogP contribution in [-0.4, -0.2) is 18.8 Å². The zero-order valence-electron chi connectivity index (χ0n) is 8.64. The molecule has 15 heavy (non-hydrogen) atoms. The van der Waals surface area contributed by atoms with Gasteiger partial charge < -0.3 is 9.47 Å². The van der Waals surface area contributed by atoms with E-state index in [2.05, 4.69) is 31.9 Å². The van der Waals surface area contributed by atoms with E-state index in [0.29, 0.717) is 6.61 Å². The lowest BCUT2D eigenvalue weighted by atomic mass is 10.2. The van der Waals surface area contributed by atoms with Crippen LogP contribution in [0.4, 0.5) is 0 Å². The summed E-state index contributed by atoms with van der Waals surface area (Å²) in [6.45, 7) is 5.50. The number of epoxide rings is 1. The highest BCUT2D eigenvalue weighted by Crippen LogP contribution is 2.32. The third-order valence-electron chi connectivity index (χ3n) is 2.36. The van der Waals surface area contributed by atoms with Gasteiger partial charge in [-0.2, -0.15) is 0 Å². The lowest BCUT2D eigenvalue weighted by Crippen LogP contribution is -2.16. The molecule has 1 unspecified atom stereocenters. The molecule has 0 aliphatic carbocycles. The second kappa shape index (κ2) is 4.07. The predicted octanol–water partition coefficient (Wildman–Crippen LogP) is 3.69. The Kier molecular flexibility index (Phi) is 3.10. The topological polar surface area (TPSA) is 21.8 Å². The minimum Gasteiger partial charge on any atom is -0.490 e. The van der Waals surface area contributed by atoms with Crippen LogP contribution in [0, 0.1) is 6.92 Å². The monoisotopic (exact) mass is 334 g/mol. The van der Waals surface area contributed by atoms with Crippen molar-refractivity contribution in [3.8, 4) is 5.75 Å². The Balaban J connectivity index is 2.08. The maximum absolute atomic E-state index is 5.67. The molecule has 0 aromatic heterocycles. The average molecular weight is 336 g/mol. The van der Waals surface area contributed by atoms with Crippen molar-refractivity contribution in [2.45, 2.75) is 19.4 Å². The van der Waals surface area contributed by atoms with Gasteiger partial charge in [-0.05, 0) is 63.4 Å². The molecule has 4 heteroatoms. The molecule has 1 aromatic carbocycles. The average Bonchev–Trinajstić information content (AvgIpc) is 2.90. The van der Waals surface area contributed by atoms with Crippen LogP contribution < -0.4 is 4.74 Å². The Hall–Kier alpha value is -0.0600. The Morgan fingerprint density at radius 3 is 2.67 bits per heavy atom. The number of benzene rings is 1. The summed E-state index contributed by atoms with van der Waals surface area (Å²) in [5.74, 6) is 0.874. The van der Waals surface area contributed by atoms with E-state index < -0.39 is 0 Å². The predicted molar refractivity (Wildman–Crippen MR) is 66.4 cm³/mol. The number of aryl methyl sites for hydroxylation is 1. The van der Waals surface area contributed by atoms with Gasteiger partial charge in [0.05, 0.1) is 6.61 Å². The van der Waals surface area contributed by atoms with Crippen LogP contribution in [0.3, 0.4) is 0 Å². The van der Waals surface area contributed by atoms with Crippen molar-refractivity contribution in [3.05, 3.63) is 26.6 Å². The molecule has 0 bridgehead atoms. The molecule has 1 aliphatic rings. The summed E-state index contributed by atoms with van der Waals surface area (Å²) in [7, 11) is 0. The molecule has 1 aromatic rings. The van der Waals surface area contributed by atoms with Crippen LogP contribution in [0.1, 0.15) is 12.5 Å². The summed E-state index contributed by atoms with van der Waals surface area (Å²) >= 11 is 6.96. The Labute approximate surface area is 106 Å². The standard InChI is InChI=1S/C11H12Br2O2/c1-7-3-8(4-9(12)10(7)13)14-5-11(2)6-15-11/h3-4H,5-6H2,1-2H3. The normalized spacial score (nSPS) is 24.0. The lowest BCUT2D eigenvalue weighted by Gasteiger charge is -2.11. The van der Waals surface area contributed by atoms with E-state index in [0.717, 1.165) is 26.9 Å². The Morgan fingerprint density at radius 1 is 1.47 bits per heavy atom. The Morgan fingerprint density at radius 2 is 2.13 bits per heavy atom. The van der Waals surface area contributed by atoms with Crippen molar-refractivity contribution in [2.75, 3.05) is 13.2 Å². The molecule has 1 atom stereocenters. The van der Waals surface area contributed by atoms with E-state index in [1.807, 2.05) is 26.0 Å². The van der Waals surface area contributed by atoms with Crippen molar-refractivity contribution in [3.63, 3.8) is 0 Å². The first-order valence-corrected chi connectivity index (χ1v) is 6.31. The molecule has 0 amide bonds. The maximum atomic E-state index is 5.67. The van der Waals surface area contributed by atoms with Crippen molar-refractivity contribution >= 4 is 31.9 Å². The number of rotatable bonds is 3. The van der Waals surface area contributed by atoms with E-state index in [1.165, 1.54) is 0 Å². The van der Waals surface area contributed by atoms with Gasteiger partial charge in [0.15, 0.2) is 0 Å². The zero-order chi connectivity index (χ0) is 11.1. The fourth-order valence-corrected chi connectivity index (χ4v) is 1.99. The first kappa shape index (κ1) is 11.4. The van der Waals surface area contributed by atoms with E-state index in [-0.39, 0.29) is 5.60 Å². The number of ether oxygens (including phenoxy) is 2. The van der Waals surface area contributed by atoms with Crippen LogP contribution >= 0.6 is 31.9 Å². The highest BCUT2D eigenvalue weighted by Gasteiger charge is 2.40. The molecule has 82 valence electrons. The Bertz CT molecular complexity index is 363. The van der Waals surface area contributed by atoms with Gasteiger partial charge in [0.25, 0.3) is 0 Å². The summed E-state index contributed by atoms with van der Waals surface area (Å²) in [5.41, 5.74) is 1.09. The molecule has 2 rings (SSSR count). The number of halogens is 2. The van der Waals surface area contributed by atoms with E-state index in [4.69, 9.17) is 9.47 Å². The van der Waals surface area contributed by atoms with Crippen LogP contribution in [0.25, 0.3) is 0 Å². The quantitative estimate of drug-likeness (QED) is 0.786. The van der Waals surface area contributed by atoms with Gasteiger partial charge in [-0.1, -0.05) is 0 Å². The minimum absolute atomic E-state index is 0.0620. The highest BCUT2D eigenvalue weighted by molar-refractivity contribution is 9.13. The van der Waals surface area contributed by atoms with Gasteiger partial charge in [0.1, 0.15) is 18.0 Å². The van der Waals surface area contributed by atoms with Crippen LogP contribution in [-0.2, 0) is 4.74 Å². The fraction of sp³-hybridized carbons (Fsp3) is 0.455. The fourth-order valence-electron chi connectivity index (χ4n) is 1.22. The van der Waals surface area contributed by atoms with Crippen LogP contribution in [0.15, 0.2) is 21.1 Å². The third-order valence-corrected chi connectivity index (χ3v) is 4.58. The van der Waals surface area contributed by atoms with E-state index in [9.17, 15) is 0 Å². The largest absolute Gasteiger partial charge is 0.490 e. The summed E-state index contributed by atoms with van der Waals surface area (Å²) in [6.07, 6.45) is 0. The van der Waals surface area contributed by atoms with Crippen molar-refractivity contribution in [1.82, 2.24) is 0 Å². The first-order valence-electron chi connectivity index (χ1n) is 4.73. The first-order chi connectivity index (χ1) is 7.00. The summed E-state index contributed by atoms with van der Waals surface area (Å²) < 4.78 is 13.0. The van der Waals surface area contributed by atoms with Gasteiger partial charge in [-0.15, -0.1) is 0 Å². The molecular formula is C11H12Br2O2. The van der Waals surface area contributed by atoms with Crippen molar-refractivity contribution in [1.29, 1.82) is 0 Å². The summed E-state index contributed by atoms with van der Waals surface area (Å²) in [5, 5.41) is 0. The van der Waals surface area contributed by atoms with Gasteiger partial charge in [0, 0.05) is 8.95 Å². The van der Waals surface area contributed by atoms with Crippen LogP contribution in [0.2, 0.25) is 0 Å². The SMILES string of the molecule is Cc1cc(OCC2(C)CO2)cc(Br)c1Br. The van der Waals surface area contributed by atoms with Crippen LogP contribution in [0.5, 0.6) is 5.75 Å². The molecule has 0 saturated carbocycles. The van der Waals surface area contributed by atoms with E-state index >= 15 is 0 Å². The molecule has 1 fully saturated rings. The molecule has 2 nitrogen and oxygen atoms in total. The number of hydrogen-bond donors (Lipinski definition) is 0. The second-order valence-electron chi connectivity index (χ2n) is 4.06. The number of hydrogen-bond acceptors (Lipinski definition) is 2. The summed E-state index contributed by atoms with van der Waals surface area (Å²) in [6, 6.07) is 3.98. The van der Waals surface area contributed by atoms with Gasteiger partial charge >= 0.3 is 0 Å². The molecule has 1 aliphatic heterocycles. The molecular weight excluding hydrogens is 324 g/mol. The zero-order valence-corrected chi connectivity index (χ0v) is 11.8. The molecule has 0 N–H and O–H groups in total. The molecule has 1 saturated heterocycles. The molecule has 0 radical (unpaired) electrons. The smallest absolute Gasteiger partial charge is 0.123 e. The van der Waals surface area contributed by atoms with Gasteiger partial charge in [-0.25, -0.2) is 0 Å². The third kappa shape index (κ3) is 2.74. The van der Waals surface area contributed by atoms with E-state index in [1.54, 1.807) is 0 Å². The van der Waals surface area contributed by atoms with Crippen molar-refractivity contribution < 1.29 is 9.47 Å². The molecule has 0 spiro atoms. The molecule has 1 heterocycles. The van der Waals surface area contributed by atoms with Gasteiger partial charge in [0.2, 0.25) is 0 Å². The summed E-state index contributed by atoms with van der Waals surface area (Å²) in [4.78, 5) is 0.